The van der Waals surface area contributed by atoms with Crippen molar-refractivity contribution in [3.05, 3.63) is 65.0 Å². The number of hydrogen-bond acceptors (Lipinski definition) is 4. The lowest BCUT2D eigenvalue weighted by atomic mass is 10.1. The first-order valence-electron chi connectivity index (χ1n) is 8.91. The van der Waals surface area contributed by atoms with Crippen LogP contribution < -0.4 is 10.6 Å². The first-order chi connectivity index (χ1) is 13.3. The van der Waals surface area contributed by atoms with Crippen molar-refractivity contribution in [2.24, 2.45) is 4.99 Å². The van der Waals surface area contributed by atoms with Crippen LogP contribution in [0, 0.1) is 5.82 Å². The fourth-order valence-corrected chi connectivity index (χ4v) is 3.86. The summed E-state index contributed by atoms with van der Waals surface area (Å²) in [6, 6.07) is 12.3. The summed E-state index contributed by atoms with van der Waals surface area (Å²) in [6.45, 7) is 3.42. The molecule has 0 aliphatic rings. The molecule has 0 fully saturated rings. The van der Waals surface area contributed by atoms with Crippen molar-refractivity contribution in [3.63, 3.8) is 0 Å². The van der Waals surface area contributed by atoms with E-state index in [-0.39, 0.29) is 36.3 Å². The van der Waals surface area contributed by atoms with Crippen LogP contribution in [0.25, 0.3) is 0 Å². The molecule has 0 unspecified atom stereocenters. The number of thioether (sulfide) groups is 1. The van der Waals surface area contributed by atoms with E-state index in [0.717, 1.165) is 5.56 Å². The Labute approximate surface area is 193 Å². The standard InChI is InChI=1S/C20H26FN3O2S2.HI/c1-4-22-20(23-12-15-5-9-19(27-2)10-6-15)24-13-17-11-18(21)8-7-16(17)14-28(3,25)26;/h5-11H,4,12-14H2,1-3H3,(H2,22,23,24);1H. The number of sulfone groups is 1. The van der Waals surface area contributed by atoms with Crippen LogP contribution in [-0.4, -0.2) is 33.4 Å². The number of nitrogens with one attached hydrogen (secondary N) is 2. The third kappa shape index (κ3) is 9.35. The van der Waals surface area contributed by atoms with E-state index in [2.05, 4.69) is 27.8 Å². The van der Waals surface area contributed by atoms with Gasteiger partial charge in [0.05, 0.1) is 12.3 Å². The van der Waals surface area contributed by atoms with Gasteiger partial charge in [0.15, 0.2) is 15.8 Å². The number of hydrogen-bond donors (Lipinski definition) is 2. The van der Waals surface area contributed by atoms with Gasteiger partial charge in [0, 0.05) is 24.2 Å². The smallest absolute Gasteiger partial charge is 0.191 e. The van der Waals surface area contributed by atoms with Gasteiger partial charge in [-0.2, -0.15) is 0 Å². The molecule has 0 radical (unpaired) electrons. The molecule has 0 aliphatic heterocycles. The normalized spacial score (nSPS) is 11.7. The van der Waals surface area contributed by atoms with Crippen molar-refractivity contribution in [2.75, 3.05) is 19.1 Å². The maximum Gasteiger partial charge on any atom is 0.191 e. The van der Waals surface area contributed by atoms with Crippen molar-refractivity contribution in [2.45, 2.75) is 30.7 Å². The van der Waals surface area contributed by atoms with Gasteiger partial charge in [0.1, 0.15) is 5.82 Å². The molecule has 0 atom stereocenters. The third-order valence-electron chi connectivity index (χ3n) is 3.96. The van der Waals surface area contributed by atoms with Gasteiger partial charge in [-0.05, 0) is 54.1 Å². The first kappa shape index (κ1) is 25.7. The molecule has 2 N–H and O–H groups in total. The van der Waals surface area contributed by atoms with Gasteiger partial charge in [0.2, 0.25) is 0 Å². The number of rotatable bonds is 8. The van der Waals surface area contributed by atoms with Crippen LogP contribution in [0.1, 0.15) is 23.6 Å². The van der Waals surface area contributed by atoms with Crippen LogP contribution in [0.3, 0.4) is 0 Å². The van der Waals surface area contributed by atoms with Crippen LogP contribution in [0.2, 0.25) is 0 Å². The monoisotopic (exact) mass is 551 g/mol. The Kier molecular flexibility index (Phi) is 11.0. The molecule has 0 spiro atoms. The number of nitrogens with zero attached hydrogens (tertiary/aromatic N) is 1. The minimum Gasteiger partial charge on any atom is -0.357 e. The highest BCUT2D eigenvalue weighted by molar-refractivity contribution is 14.0. The maximum absolute atomic E-state index is 13.7. The van der Waals surface area contributed by atoms with Crippen LogP contribution >= 0.6 is 35.7 Å². The van der Waals surface area contributed by atoms with Crippen LogP contribution in [0.4, 0.5) is 4.39 Å². The van der Waals surface area contributed by atoms with Gasteiger partial charge in [-0.1, -0.05) is 18.2 Å². The van der Waals surface area contributed by atoms with Gasteiger partial charge in [-0.3, -0.25) is 0 Å². The largest absolute Gasteiger partial charge is 0.357 e. The molecule has 0 aromatic heterocycles. The van der Waals surface area contributed by atoms with E-state index < -0.39 is 15.7 Å². The van der Waals surface area contributed by atoms with Gasteiger partial charge >= 0.3 is 0 Å². The summed E-state index contributed by atoms with van der Waals surface area (Å²) in [5.41, 5.74) is 2.26. The number of aliphatic imine (C=N–C) groups is 1. The molecule has 0 saturated heterocycles. The third-order valence-corrected chi connectivity index (χ3v) is 5.53. The molecule has 0 saturated carbocycles. The molecule has 0 amide bonds. The van der Waals surface area contributed by atoms with Crippen molar-refractivity contribution >= 4 is 51.5 Å². The second kappa shape index (κ2) is 12.4. The summed E-state index contributed by atoms with van der Waals surface area (Å²) in [7, 11) is -3.21. The minimum atomic E-state index is -3.21. The first-order valence-corrected chi connectivity index (χ1v) is 12.2. The zero-order valence-electron chi connectivity index (χ0n) is 16.7. The van der Waals surface area contributed by atoms with E-state index in [1.807, 2.05) is 25.3 Å². The van der Waals surface area contributed by atoms with Gasteiger partial charge in [0.25, 0.3) is 0 Å². The van der Waals surface area contributed by atoms with Crippen LogP contribution in [-0.2, 0) is 28.7 Å². The molecule has 160 valence electrons. The van der Waals surface area contributed by atoms with E-state index in [0.29, 0.717) is 30.2 Å². The summed E-state index contributed by atoms with van der Waals surface area (Å²) in [5.74, 6) is 0.0654. The fourth-order valence-electron chi connectivity index (χ4n) is 2.60. The molecule has 2 rings (SSSR count). The lowest BCUT2D eigenvalue weighted by molar-refractivity contribution is 0.599. The van der Waals surface area contributed by atoms with Gasteiger partial charge in [-0.15, -0.1) is 35.7 Å². The molecule has 0 aliphatic carbocycles. The Morgan fingerprint density at radius 3 is 2.38 bits per heavy atom. The maximum atomic E-state index is 13.7. The Morgan fingerprint density at radius 1 is 1.10 bits per heavy atom. The second-order valence-corrected chi connectivity index (χ2v) is 9.40. The molecular weight excluding hydrogens is 524 g/mol. The predicted molar refractivity (Wildman–Crippen MR) is 130 cm³/mol. The van der Waals surface area contributed by atoms with E-state index >= 15 is 0 Å². The lowest BCUT2D eigenvalue weighted by Gasteiger charge is -2.14. The molecule has 5 nitrogen and oxygen atoms in total. The van der Waals surface area contributed by atoms with Gasteiger partial charge < -0.3 is 10.6 Å². The summed E-state index contributed by atoms with van der Waals surface area (Å²) < 4.78 is 36.9. The Morgan fingerprint density at radius 2 is 1.79 bits per heavy atom. The summed E-state index contributed by atoms with van der Waals surface area (Å²) in [5, 5.41) is 6.31. The van der Waals surface area contributed by atoms with Crippen molar-refractivity contribution in [1.82, 2.24) is 10.6 Å². The SMILES string of the molecule is CCNC(=NCc1ccc(SC)cc1)NCc1cc(F)ccc1CS(C)(=O)=O.I. The average Bonchev–Trinajstić information content (AvgIpc) is 2.65. The quantitative estimate of drug-likeness (QED) is 0.225. The summed E-state index contributed by atoms with van der Waals surface area (Å²) in [6.07, 6.45) is 3.20. The van der Waals surface area contributed by atoms with Crippen LogP contribution in [0.5, 0.6) is 0 Å². The van der Waals surface area contributed by atoms with E-state index in [1.54, 1.807) is 11.8 Å². The van der Waals surface area contributed by atoms with Gasteiger partial charge in [-0.25, -0.2) is 17.8 Å². The highest BCUT2D eigenvalue weighted by atomic mass is 127. The molecular formula is C20H27FIN3O2S2. The molecule has 2 aromatic carbocycles. The highest BCUT2D eigenvalue weighted by Gasteiger charge is 2.11. The highest BCUT2D eigenvalue weighted by Crippen LogP contribution is 2.16. The molecule has 9 heteroatoms. The molecule has 2 aromatic rings. The van der Waals surface area contributed by atoms with E-state index in [9.17, 15) is 12.8 Å². The predicted octanol–water partition coefficient (Wildman–Crippen LogP) is 3.97. The Bertz CT molecular complexity index is 920. The van der Waals surface area contributed by atoms with Crippen molar-refractivity contribution < 1.29 is 12.8 Å². The fraction of sp³-hybridized carbons (Fsp3) is 0.350. The lowest BCUT2D eigenvalue weighted by Crippen LogP contribution is -2.37. The van der Waals surface area contributed by atoms with Crippen LogP contribution in [0.15, 0.2) is 52.4 Å². The minimum absolute atomic E-state index is 0. The number of benzene rings is 2. The number of guanidine groups is 1. The zero-order chi connectivity index (χ0) is 20.6. The Hall–Kier alpha value is -1.33. The zero-order valence-corrected chi connectivity index (χ0v) is 20.7. The molecule has 0 heterocycles. The number of halogens is 2. The van der Waals surface area contributed by atoms with Crippen molar-refractivity contribution in [1.29, 1.82) is 0 Å². The molecule has 0 bridgehead atoms. The van der Waals surface area contributed by atoms with E-state index in [1.165, 1.54) is 29.4 Å². The average molecular weight is 551 g/mol. The Balaban J connectivity index is 0.00000420. The second-order valence-electron chi connectivity index (χ2n) is 6.38. The van der Waals surface area contributed by atoms with E-state index in [4.69, 9.17) is 0 Å². The summed E-state index contributed by atoms with van der Waals surface area (Å²) >= 11 is 1.69. The van der Waals surface area contributed by atoms with Crippen molar-refractivity contribution in [3.8, 4) is 0 Å². The topological polar surface area (TPSA) is 70.6 Å². The molecule has 29 heavy (non-hydrogen) atoms. The summed E-state index contributed by atoms with van der Waals surface area (Å²) in [4.78, 5) is 5.75.